The van der Waals surface area contributed by atoms with Gasteiger partial charge in [0.15, 0.2) is 0 Å². The molecule has 0 bridgehead atoms. The lowest BCUT2D eigenvalue weighted by Gasteiger charge is -2.11. The van der Waals surface area contributed by atoms with Gasteiger partial charge in [-0.1, -0.05) is 36.8 Å². The summed E-state index contributed by atoms with van der Waals surface area (Å²) in [7, 11) is 0. The van der Waals surface area contributed by atoms with Crippen LogP contribution in [0.4, 0.5) is 5.69 Å². The van der Waals surface area contributed by atoms with Crippen LogP contribution in [0.25, 0.3) is 6.08 Å². The number of carboxylic acids is 1. The highest BCUT2D eigenvalue weighted by Gasteiger charge is 2.15. The van der Waals surface area contributed by atoms with Crippen molar-refractivity contribution >= 4 is 29.5 Å². The summed E-state index contributed by atoms with van der Waals surface area (Å²) >= 11 is 0. The second kappa shape index (κ2) is 11.9. The number of benzene rings is 2. The van der Waals surface area contributed by atoms with E-state index in [1.165, 1.54) is 24.3 Å². The Labute approximate surface area is 178 Å². The van der Waals surface area contributed by atoms with Crippen LogP contribution in [0, 0.1) is 10.1 Å². The third kappa shape index (κ3) is 8.09. The fraction of sp³-hybridized carbons (Fsp3) is 0.227. The molecule has 2 aromatic rings. The minimum absolute atomic E-state index is 0.0557. The Morgan fingerprint density at radius 1 is 1.00 bits per heavy atom. The summed E-state index contributed by atoms with van der Waals surface area (Å²) in [6.45, 7) is 0.298. The van der Waals surface area contributed by atoms with E-state index in [0.29, 0.717) is 36.9 Å². The highest BCUT2D eigenvalue weighted by atomic mass is 16.6. The molecular weight excluding hydrogens is 402 g/mol. The highest BCUT2D eigenvalue weighted by Crippen LogP contribution is 2.15. The minimum atomic E-state index is -0.866. The molecule has 162 valence electrons. The Bertz CT molecular complexity index is 972. The summed E-state index contributed by atoms with van der Waals surface area (Å²) in [5.41, 5.74) is 0.546. The van der Waals surface area contributed by atoms with Crippen LogP contribution < -0.4 is 10.6 Å². The maximum absolute atomic E-state index is 12.7. The quantitative estimate of drug-likeness (QED) is 0.219. The molecule has 9 heteroatoms. The Kier molecular flexibility index (Phi) is 8.90. The number of non-ortho nitro benzene ring substituents is 1. The Hall–Kier alpha value is -4.01. The molecule has 0 atom stereocenters. The SMILES string of the molecule is O=C(O)CCCCCNC(=O)/C(=C/c1cccc([N+](=O)[O-])c1)NC(=O)c1ccccc1. The van der Waals surface area contributed by atoms with Crippen LogP contribution in [0.1, 0.15) is 41.6 Å². The summed E-state index contributed by atoms with van der Waals surface area (Å²) in [4.78, 5) is 46.1. The molecule has 0 saturated carbocycles. The number of nitrogens with one attached hydrogen (secondary N) is 2. The van der Waals surface area contributed by atoms with E-state index < -0.39 is 22.7 Å². The maximum Gasteiger partial charge on any atom is 0.303 e. The molecule has 0 unspecified atom stereocenters. The van der Waals surface area contributed by atoms with Crippen molar-refractivity contribution in [2.45, 2.75) is 25.7 Å². The summed E-state index contributed by atoms with van der Waals surface area (Å²) < 4.78 is 0. The lowest BCUT2D eigenvalue weighted by Crippen LogP contribution is -2.35. The molecule has 0 aromatic heterocycles. The van der Waals surface area contributed by atoms with Gasteiger partial charge >= 0.3 is 5.97 Å². The molecule has 2 rings (SSSR count). The average Bonchev–Trinajstić information content (AvgIpc) is 2.76. The molecule has 0 spiro atoms. The van der Waals surface area contributed by atoms with E-state index >= 15 is 0 Å². The number of carbonyl (C=O) groups excluding carboxylic acids is 2. The first-order chi connectivity index (χ1) is 14.9. The van der Waals surface area contributed by atoms with Gasteiger partial charge in [0.1, 0.15) is 5.70 Å². The number of hydrogen-bond acceptors (Lipinski definition) is 5. The van der Waals surface area contributed by atoms with Crippen LogP contribution in [0.5, 0.6) is 0 Å². The zero-order valence-corrected chi connectivity index (χ0v) is 16.7. The molecule has 0 aliphatic rings. The molecule has 0 radical (unpaired) electrons. The fourth-order valence-corrected chi connectivity index (χ4v) is 2.71. The van der Waals surface area contributed by atoms with Crippen LogP contribution in [-0.2, 0) is 9.59 Å². The van der Waals surface area contributed by atoms with Crippen molar-refractivity contribution < 1.29 is 24.4 Å². The lowest BCUT2D eigenvalue weighted by molar-refractivity contribution is -0.384. The maximum atomic E-state index is 12.7. The Morgan fingerprint density at radius 3 is 2.42 bits per heavy atom. The second-order valence-corrected chi connectivity index (χ2v) is 6.69. The number of nitro benzene ring substituents is 1. The molecule has 9 nitrogen and oxygen atoms in total. The zero-order chi connectivity index (χ0) is 22.6. The van der Waals surface area contributed by atoms with Crippen LogP contribution in [-0.4, -0.2) is 34.4 Å². The van der Waals surface area contributed by atoms with Gasteiger partial charge in [-0.2, -0.15) is 0 Å². The highest BCUT2D eigenvalue weighted by molar-refractivity contribution is 6.05. The molecule has 2 aromatic carbocycles. The van der Waals surface area contributed by atoms with Gasteiger partial charge in [-0.15, -0.1) is 0 Å². The topological polar surface area (TPSA) is 139 Å². The predicted molar refractivity (Wildman–Crippen MR) is 114 cm³/mol. The van der Waals surface area contributed by atoms with Crippen LogP contribution in [0.3, 0.4) is 0 Å². The first kappa shape index (κ1) is 23.3. The average molecular weight is 425 g/mol. The third-order valence-corrected chi connectivity index (χ3v) is 4.27. The first-order valence-electron chi connectivity index (χ1n) is 9.69. The smallest absolute Gasteiger partial charge is 0.303 e. The summed E-state index contributed by atoms with van der Waals surface area (Å²) in [5.74, 6) is -1.90. The van der Waals surface area contributed by atoms with Gasteiger partial charge in [0.05, 0.1) is 4.92 Å². The van der Waals surface area contributed by atoms with E-state index in [0.717, 1.165) is 0 Å². The van der Waals surface area contributed by atoms with Gasteiger partial charge in [0, 0.05) is 30.7 Å². The normalized spacial score (nSPS) is 10.9. The molecular formula is C22H23N3O6. The molecule has 31 heavy (non-hydrogen) atoms. The van der Waals surface area contributed by atoms with Crippen molar-refractivity contribution in [3.8, 4) is 0 Å². The Morgan fingerprint density at radius 2 is 1.74 bits per heavy atom. The van der Waals surface area contributed by atoms with Gasteiger partial charge in [0.25, 0.3) is 17.5 Å². The van der Waals surface area contributed by atoms with E-state index in [9.17, 15) is 24.5 Å². The molecule has 3 N–H and O–H groups in total. The van der Waals surface area contributed by atoms with Crippen molar-refractivity contribution in [3.63, 3.8) is 0 Å². The van der Waals surface area contributed by atoms with E-state index in [1.54, 1.807) is 36.4 Å². The van der Waals surface area contributed by atoms with Crippen LogP contribution >= 0.6 is 0 Å². The predicted octanol–water partition coefficient (Wildman–Crippen LogP) is 3.13. The first-order valence-corrected chi connectivity index (χ1v) is 9.69. The van der Waals surface area contributed by atoms with Crippen molar-refractivity contribution in [3.05, 3.63) is 81.5 Å². The van der Waals surface area contributed by atoms with E-state index in [1.807, 2.05) is 0 Å². The number of rotatable bonds is 11. The third-order valence-electron chi connectivity index (χ3n) is 4.27. The number of carboxylic acid groups (broad SMARTS) is 1. The van der Waals surface area contributed by atoms with Crippen molar-refractivity contribution in [2.24, 2.45) is 0 Å². The number of nitrogens with zero attached hydrogens (tertiary/aromatic N) is 1. The molecule has 0 saturated heterocycles. The van der Waals surface area contributed by atoms with E-state index in [2.05, 4.69) is 10.6 Å². The van der Waals surface area contributed by atoms with Crippen LogP contribution in [0.15, 0.2) is 60.3 Å². The summed E-state index contributed by atoms with van der Waals surface area (Å²) in [6, 6.07) is 14.0. The fourth-order valence-electron chi connectivity index (χ4n) is 2.71. The second-order valence-electron chi connectivity index (χ2n) is 6.69. The largest absolute Gasteiger partial charge is 0.481 e. The molecule has 0 aliphatic carbocycles. The number of carbonyl (C=O) groups is 3. The lowest BCUT2D eigenvalue weighted by atomic mass is 10.1. The summed E-state index contributed by atoms with van der Waals surface area (Å²) in [5, 5.41) is 24.9. The molecule has 0 heterocycles. The van der Waals surface area contributed by atoms with Gasteiger partial charge in [-0.05, 0) is 36.6 Å². The zero-order valence-electron chi connectivity index (χ0n) is 16.7. The van der Waals surface area contributed by atoms with Gasteiger partial charge in [-0.3, -0.25) is 24.5 Å². The molecule has 0 aliphatic heterocycles. The Balaban J connectivity index is 2.12. The summed E-state index contributed by atoms with van der Waals surface area (Å²) in [6.07, 6.45) is 3.15. The number of unbranched alkanes of at least 4 members (excludes halogenated alkanes) is 2. The van der Waals surface area contributed by atoms with Gasteiger partial charge < -0.3 is 15.7 Å². The molecule has 2 amide bonds. The van der Waals surface area contributed by atoms with Crippen molar-refractivity contribution in [2.75, 3.05) is 6.54 Å². The number of nitro groups is 1. The van der Waals surface area contributed by atoms with E-state index in [4.69, 9.17) is 5.11 Å². The monoisotopic (exact) mass is 425 g/mol. The number of aliphatic carboxylic acids is 1. The van der Waals surface area contributed by atoms with Crippen LogP contribution in [0.2, 0.25) is 0 Å². The minimum Gasteiger partial charge on any atom is -0.481 e. The molecule has 0 fully saturated rings. The standard InChI is InChI=1S/C22H23N3O6/c26-20(27)12-5-2-6-13-23-22(29)19(24-21(28)17-9-3-1-4-10-17)15-16-8-7-11-18(14-16)25(30)31/h1,3-4,7-11,14-15H,2,5-6,12-13H2,(H,23,29)(H,24,28)(H,26,27)/b19-15-. The number of hydrogen-bond donors (Lipinski definition) is 3. The van der Waals surface area contributed by atoms with Gasteiger partial charge in [-0.25, -0.2) is 0 Å². The van der Waals surface area contributed by atoms with E-state index in [-0.39, 0.29) is 17.8 Å². The van der Waals surface area contributed by atoms with Crippen molar-refractivity contribution in [1.29, 1.82) is 0 Å². The van der Waals surface area contributed by atoms with Gasteiger partial charge in [0.2, 0.25) is 0 Å². The number of amides is 2. The van der Waals surface area contributed by atoms with Crippen molar-refractivity contribution in [1.82, 2.24) is 10.6 Å².